The van der Waals surface area contributed by atoms with Crippen LogP contribution >= 0.6 is 0 Å². The number of piperazine rings is 1. The quantitative estimate of drug-likeness (QED) is 0.414. The van der Waals surface area contributed by atoms with E-state index in [0.29, 0.717) is 5.92 Å². The van der Waals surface area contributed by atoms with Crippen molar-refractivity contribution < 1.29 is 22.7 Å². The van der Waals surface area contributed by atoms with Crippen molar-refractivity contribution in [2.75, 3.05) is 23.3 Å². The maximum absolute atomic E-state index is 13.6. The summed E-state index contributed by atoms with van der Waals surface area (Å²) in [6.45, 7) is 7.13. The second-order valence-corrected chi connectivity index (χ2v) is 26.9. The van der Waals surface area contributed by atoms with Crippen LogP contribution in [0, 0.1) is 0 Å². The Labute approximate surface area is 226 Å². The van der Waals surface area contributed by atoms with Gasteiger partial charge in [0.25, 0.3) is 0 Å². The molecule has 1 saturated carbocycles. The van der Waals surface area contributed by atoms with E-state index in [0.717, 1.165) is 55.5 Å². The Hall–Kier alpha value is -2.24. The molecule has 1 aliphatic carbocycles. The summed E-state index contributed by atoms with van der Waals surface area (Å²) in [6, 6.07) is 6.46. The van der Waals surface area contributed by atoms with Crippen molar-refractivity contribution >= 4 is 45.5 Å². The minimum atomic E-state index is -4.47. The Morgan fingerprint density at radius 1 is 1.11 bits per heavy atom. The van der Waals surface area contributed by atoms with Crippen LogP contribution in [0.1, 0.15) is 57.1 Å². The fourth-order valence-corrected chi connectivity index (χ4v) is 9.52. The predicted octanol–water partition coefficient (Wildman–Crippen LogP) is 5.86. The molecule has 3 saturated heterocycles. The van der Waals surface area contributed by atoms with Gasteiger partial charge in [0.1, 0.15) is 5.60 Å². The number of halogens is 3. The Balaban J connectivity index is 1.35. The van der Waals surface area contributed by atoms with Crippen LogP contribution in [0.2, 0.25) is 14.8 Å². The molecule has 2 unspecified atom stereocenters. The zero-order valence-corrected chi connectivity index (χ0v) is 25.7. The van der Waals surface area contributed by atoms with Crippen LogP contribution < -0.4 is 13.9 Å². The number of nitrogens with zero attached hydrogens (tertiary/aromatic N) is 4. The maximum atomic E-state index is 13.6. The molecule has 2 bridgehead atoms. The molecule has 4 heterocycles. The number of ether oxygens (including phenoxy) is 1. The summed E-state index contributed by atoms with van der Waals surface area (Å²) in [5.74, 6) is 0.618. The van der Waals surface area contributed by atoms with E-state index in [-0.39, 0.29) is 27.8 Å². The first-order valence-corrected chi connectivity index (χ1v) is 23.2. The van der Waals surface area contributed by atoms with Crippen molar-refractivity contribution in [2.24, 2.45) is 0 Å². The molecule has 2 aromatic rings. The number of nitrogens with one attached hydrogen (secondary N) is 1. The molecule has 7 nitrogen and oxygen atoms in total. The molecule has 1 amide bonds. The third-order valence-electron chi connectivity index (χ3n) is 7.27. The number of anilines is 3. The number of amides is 1. The van der Waals surface area contributed by atoms with E-state index in [4.69, 9.17) is 4.74 Å². The number of hydrogen-bond donors (Lipinski definition) is 1. The van der Waals surface area contributed by atoms with E-state index in [1.165, 1.54) is 0 Å². The SMILES string of the molecule is CC(C)(C)OC(=O)N1C2CC1CN(c1ccc(Nc3ncc(C(F)(F)F)[c]([Sn]([CH3])([CH3])[CH3])n3)c(C3CC3)c1)C2. The molecule has 0 spiro atoms. The van der Waals surface area contributed by atoms with Crippen LogP contribution in [0.25, 0.3) is 0 Å². The van der Waals surface area contributed by atoms with Crippen LogP contribution in [-0.2, 0) is 10.9 Å². The van der Waals surface area contributed by atoms with Gasteiger partial charge in [-0.15, -0.1) is 0 Å². The molecule has 11 heteroatoms. The summed E-state index contributed by atoms with van der Waals surface area (Å²) in [5.41, 5.74) is 1.83. The van der Waals surface area contributed by atoms with Crippen molar-refractivity contribution in [1.29, 1.82) is 0 Å². The van der Waals surface area contributed by atoms with Gasteiger partial charge in [0, 0.05) is 0 Å². The number of rotatable bonds is 5. The second kappa shape index (κ2) is 9.45. The van der Waals surface area contributed by atoms with Gasteiger partial charge in [0.05, 0.1) is 0 Å². The van der Waals surface area contributed by atoms with E-state index in [2.05, 4.69) is 26.3 Å². The Morgan fingerprint density at radius 3 is 2.32 bits per heavy atom. The zero-order valence-electron chi connectivity index (χ0n) is 22.8. The van der Waals surface area contributed by atoms with E-state index in [1.54, 1.807) is 0 Å². The summed E-state index contributed by atoms with van der Waals surface area (Å²) in [4.78, 5) is 31.0. The Morgan fingerprint density at radius 2 is 1.76 bits per heavy atom. The van der Waals surface area contributed by atoms with E-state index in [9.17, 15) is 18.0 Å². The van der Waals surface area contributed by atoms with Crippen molar-refractivity contribution in [1.82, 2.24) is 14.9 Å². The fraction of sp³-hybridized carbons (Fsp3) is 0.593. The van der Waals surface area contributed by atoms with Gasteiger partial charge in [-0.1, -0.05) is 0 Å². The summed E-state index contributed by atoms with van der Waals surface area (Å²) in [6.07, 6.45) is -0.646. The first kappa shape index (κ1) is 27.3. The average molecular weight is 638 g/mol. The van der Waals surface area contributed by atoms with E-state index < -0.39 is 35.7 Å². The molecular formula is C27H36F3N5O2Sn. The second-order valence-electron chi connectivity index (χ2n) is 12.7. The van der Waals surface area contributed by atoms with Gasteiger partial charge >= 0.3 is 191 Å². The van der Waals surface area contributed by atoms with Gasteiger partial charge in [-0.3, -0.25) is 0 Å². The molecule has 1 aromatic heterocycles. The summed E-state index contributed by atoms with van der Waals surface area (Å²) < 4.78 is 46.6. The van der Waals surface area contributed by atoms with Crippen LogP contribution in [0.5, 0.6) is 0 Å². The number of alkyl halides is 3. The van der Waals surface area contributed by atoms with Gasteiger partial charge in [0.2, 0.25) is 0 Å². The molecule has 2 atom stereocenters. The fourth-order valence-electron chi connectivity index (χ4n) is 5.37. The van der Waals surface area contributed by atoms with Gasteiger partial charge in [0.15, 0.2) is 0 Å². The van der Waals surface area contributed by atoms with Gasteiger partial charge in [-0.2, -0.15) is 0 Å². The summed E-state index contributed by atoms with van der Waals surface area (Å²) in [7, 11) is 0. The third-order valence-corrected chi connectivity index (χ3v) is 12.4. The normalized spacial score (nSPS) is 21.7. The van der Waals surface area contributed by atoms with E-state index in [1.807, 2.05) is 52.6 Å². The first-order valence-electron chi connectivity index (χ1n) is 13.2. The monoisotopic (exact) mass is 639 g/mol. The first-order chi connectivity index (χ1) is 17.6. The molecule has 1 aromatic carbocycles. The van der Waals surface area contributed by atoms with Crippen molar-refractivity contribution in [2.45, 2.75) is 84.6 Å². The molecule has 1 N–H and O–H groups in total. The number of aromatic nitrogens is 2. The van der Waals surface area contributed by atoms with Crippen LogP contribution in [0.15, 0.2) is 24.4 Å². The molecule has 206 valence electrons. The predicted molar refractivity (Wildman–Crippen MR) is 144 cm³/mol. The van der Waals surface area contributed by atoms with Crippen LogP contribution in [0.3, 0.4) is 0 Å². The molecule has 3 aliphatic heterocycles. The Kier molecular flexibility index (Phi) is 6.79. The molecule has 0 radical (unpaired) electrons. The molecule has 6 rings (SSSR count). The number of piperidine rings is 1. The van der Waals surface area contributed by atoms with Crippen molar-refractivity contribution in [3.63, 3.8) is 0 Å². The zero-order chi connectivity index (χ0) is 27.6. The summed E-state index contributed by atoms with van der Waals surface area (Å²) in [5, 5.41) is 3.23. The Bertz CT molecular complexity index is 1220. The standard InChI is InChI=1S/C24H27F3N5O2.3CH3.Sn/c1-23(2,3)34-22(33)32-17-8-18(32)13-31(12-17)16-6-7-20(19(9-16)14-4-5-14)30-21-28-10-15(11-29-21)24(25,26)27;;;;/h6-7,9-10,14,17-18H,4-5,8,12-13H2,1-3H3,(H,28,29,30);3*1H3;. The van der Waals surface area contributed by atoms with E-state index >= 15 is 0 Å². The van der Waals surface area contributed by atoms with Gasteiger partial charge in [-0.05, 0) is 20.8 Å². The van der Waals surface area contributed by atoms with Gasteiger partial charge < -0.3 is 4.74 Å². The van der Waals surface area contributed by atoms with Crippen molar-refractivity contribution in [3.8, 4) is 0 Å². The number of carbonyl (C=O) groups is 1. The topological polar surface area (TPSA) is 70.6 Å². The van der Waals surface area contributed by atoms with Gasteiger partial charge in [-0.25, -0.2) is 4.79 Å². The van der Waals surface area contributed by atoms with Crippen molar-refractivity contribution in [3.05, 3.63) is 35.5 Å². The minimum absolute atomic E-state index is 0.133. The number of carbonyl (C=O) groups excluding carboxylic acids is 1. The third kappa shape index (κ3) is 5.69. The number of fused-ring (bicyclic) bond motifs is 2. The number of hydrogen-bond acceptors (Lipinski definition) is 6. The number of benzene rings is 1. The molecule has 4 aliphatic rings. The van der Waals surface area contributed by atoms with Crippen LogP contribution in [-0.4, -0.2) is 70.1 Å². The molecule has 4 fully saturated rings. The molecular weight excluding hydrogens is 602 g/mol. The van der Waals surface area contributed by atoms with Crippen LogP contribution in [0.4, 0.5) is 35.3 Å². The average Bonchev–Trinajstić information content (AvgIpc) is 3.62. The summed E-state index contributed by atoms with van der Waals surface area (Å²) >= 11 is -3.18. The molecule has 38 heavy (non-hydrogen) atoms.